The van der Waals surface area contributed by atoms with Crippen molar-refractivity contribution in [2.75, 3.05) is 38.6 Å². The monoisotopic (exact) mass is 772 g/mol. The first-order valence-corrected chi connectivity index (χ1v) is 20.6. The van der Waals surface area contributed by atoms with Crippen molar-refractivity contribution in [3.8, 4) is 0 Å². The van der Waals surface area contributed by atoms with Crippen LogP contribution in [0.15, 0.2) is 102 Å². The van der Waals surface area contributed by atoms with Gasteiger partial charge in [0, 0.05) is 54.2 Å². The normalized spacial score (nSPS) is 14.0. The third kappa shape index (κ3) is 30.6. The molecule has 0 bridgehead atoms. The summed E-state index contributed by atoms with van der Waals surface area (Å²) in [5.41, 5.74) is 0.491. The van der Waals surface area contributed by atoms with Gasteiger partial charge >= 0.3 is 6.09 Å². The van der Waals surface area contributed by atoms with Gasteiger partial charge in [-0.3, -0.25) is 14.6 Å². The molecule has 0 unspecified atom stereocenters. The molecule has 0 aliphatic carbocycles. The second-order valence-corrected chi connectivity index (χ2v) is 15.5. The Labute approximate surface area is 326 Å². The number of hydrogen-bond acceptors (Lipinski definition) is 9. The number of aliphatic imine (C=N–C) groups is 1. The van der Waals surface area contributed by atoms with E-state index in [-0.39, 0.29) is 37.4 Å². The molecule has 3 amide bonds. The van der Waals surface area contributed by atoms with E-state index in [2.05, 4.69) is 101 Å². The molecule has 10 nitrogen and oxygen atoms in total. The number of nitrogens with zero attached hydrogens (tertiary/aromatic N) is 1. The Morgan fingerprint density at radius 3 is 1.94 bits per heavy atom. The molecule has 0 heterocycles. The van der Waals surface area contributed by atoms with Crippen molar-refractivity contribution in [1.82, 2.24) is 16.0 Å². The largest absolute Gasteiger partial charge is 0.447 e. The predicted molar refractivity (Wildman–Crippen MR) is 226 cm³/mol. The molecule has 0 aliphatic rings. The summed E-state index contributed by atoms with van der Waals surface area (Å²) < 4.78 is 4.56. The highest BCUT2D eigenvalue weighted by molar-refractivity contribution is 8.77. The average molecular weight is 773 g/mol. The zero-order valence-corrected chi connectivity index (χ0v) is 33.8. The molecule has 296 valence electrons. The van der Waals surface area contributed by atoms with Crippen LogP contribution < -0.4 is 16.0 Å². The lowest BCUT2D eigenvalue weighted by atomic mass is 9.94. The summed E-state index contributed by atoms with van der Waals surface area (Å²) in [5, 5.41) is 27.0. The van der Waals surface area contributed by atoms with Gasteiger partial charge in [-0.15, -0.1) is 0 Å². The van der Waals surface area contributed by atoms with E-state index in [0.29, 0.717) is 30.7 Å². The van der Waals surface area contributed by atoms with E-state index in [1.165, 1.54) is 6.20 Å². The van der Waals surface area contributed by atoms with Crippen molar-refractivity contribution >= 4 is 46.2 Å². The first kappa shape index (κ1) is 49.4. The van der Waals surface area contributed by atoms with Crippen LogP contribution in [0.3, 0.4) is 0 Å². The molecular formula is C41H64N4O6S2. The van der Waals surface area contributed by atoms with E-state index in [4.69, 9.17) is 9.84 Å². The van der Waals surface area contributed by atoms with Gasteiger partial charge in [-0.1, -0.05) is 107 Å². The molecule has 53 heavy (non-hydrogen) atoms. The van der Waals surface area contributed by atoms with Crippen LogP contribution in [-0.2, 0) is 14.3 Å². The van der Waals surface area contributed by atoms with Crippen LogP contribution in [0.5, 0.6) is 0 Å². The van der Waals surface area contributed by atoms with Crippen LogP contribution in [0.4, 0.5) is 4.79 Å². The van der Waals surface area contributed by atoms with Crippen molar-refractivity contribution in [1.29, 1.82) is 0 Å². The highest BCUT2D eigenvalue weighted by Gasteiger charge is 2.31. The molecule has 0 aliphatic heterocycles. The van der Waals surface area contributed by atoms with Crippen LogP contribution in [0, 0.1) is 5.92 Å². The SMILES string of the molecule is C=N/C=C\C=C(/C)C(=O)NC[C@H](CNC(=O)OC[C@@H](O)CO)C(C)(C)SSCCNC(=O)CC/C=C\C/C=C\C/C=C\C/C=C\C/C=C\C/C=C\CC. The molecule has 0 rings (SSSR count). The summed E-state index contributed by atoms with van der Waals surface area (Å²) in [7, 11) is 3.21. The third-order valence-electron chi connectivity index (χ3n) is 7.41. The summed E-state index contributed by atoms with van der Waals surface area (Å²) >= 11 is 0. The van der Waals surface area contributed by atoms with Crippen LogP contribution in [0.25, 0.3) is 0 Å². The number of alkyl carbamates (subject to hydrolysis) is 1. The van der Waals surface area contributed by atoms with Gasteiger partial charge in [-0.2, -0.15) is 0 Å². The van der Waals surface area contributed by atoms with Crippen molar-refractivity contribution in [2.45, 2.75) is 89.9 Å². The first-order chi connectivity index (χ1) is 25.6. The summed E-state index contributed by atoms with van der Waals surface area (Å²) in [4.78, 5) is 40.8. The Balaban J connectivity index is 4.48. The van der Waals surface area contributed by atoms with Gasteiger partial charge in [-0.25, -0.2) is 4.79 Å². The van der Waals surface area contributed by atoms with Gasteiger partial charge in [0.2, 0.25) is 11.8 Å². The standard InChI is InChI=1S/C41H64N4O6S2/c1-6-7-8-9-10-11-12-13-14-15-16-17-18-19-20-21-22-23-24-27-38(48)43-29-30-52-53-41(3,4)36(32-45-40(50)51-34-37(47)33-46)31-44-39(49)35(2)26-25-28-42-5/h7-8,10-11,13-14,16-17,19-20,22-23,25-26,28,36-37,46-47H,5-6,9,12,15,18,21,24,27,29-34H2,1-4H3,(H,43,48)(H,44,49)(H,45,50)/b8-7-,11-10-,14-13-,17-16-,20-19-,23-22-,28-25-,35-26+/t36-,37+/m1/s1. The molecule has 0 radical (unpaired) electrons. The number of nitrogens with one attached hydrogen (secondary N) is 3. The van der Waals surface area contributed by atoms with Crippen LogP contribution >= 0.6 is 21.6 Å². The van der Waals surface area contributed by atoms with Gasteiger partial charge in [0.05, 0.1) is 6.61 Å². The van der Waals surface area contributed by atoms with Gasteiger partial charge in [-0.05, 0) is 78.5 Å². The molecule has 0 saturated carbocycles. The highest BCUT2D eigenvalue weighted by atomic mass is 33.1. The number of aliphatic hydroxyl groups is 2. The quantitative estimate of drug-likeness (QED) is 0.0125. The summed E-state index contributed by atoms with van der Waals surface area (Å²) in [6.07, 6.45) is 35.6. The molecule has 5 N–H and O–H groups in total. The fourth-order valence-corrected chi connectivity index (χ4v) is 6.86. The minimum Gasteiger partial charge on any atom is -0.447 e. The lowest BCUT2D eigenvalue weighted by Crippen LogP contribution is -2.45. The van der Waals surface area contributed by atoms with Crippen molar-refractivity contribution in [3.63, 3.8) is 0 Å². The Kier molecular flexibility index (Phi) is 31.9. The lowest BCUT2D eigenvalue weighted by molar-refractivity contribution is -0.121. The summed E-state index contributed by atoms with van der Waals surface area (Å²) in [6.45, 7) is 11.4. The molecule has 0 aromatic carbocycles. The van der Waals surface area contributed by atoms with E-state index in [9.17, 15) is 19.5 Å². The first-order valence-electron chi connectivity index (χ1n) is 18.3. The average Bonchev–Trinajstić information content (AvgIpc) is 3.14. The maximum Gasteiger partial charge on any atom is 0.407 e. The van der Waals surface area contributed by atoms with E-state index >= 15 is 0 Å². The Morgan fingerprint density at radius 2 is 1.40 bits per heavy atom. The molecule has 0 aromatic heterocycles. The van der Waals surface area contributed by atoms with Crippen molar-refractivity contribution in [2.24, 2.45) is 10.9 Å². The topological polar surface area (TPSA) is 149 Å². The van der Waals surface area contributed by atoms with E-state index in [1.54, 1.807) is 40.7 Å². The Hall–Kier alpha value is -3.58. The highest BCUT2D eigenvalue weighted by Crippen LogP contribution is 2.40. The van der Waals surface area contributed by atoms with Crippen LogP contribution in [0.2, 0.25) is 0 Å². The second kappa shape index (κ2) is 34.2. The zero-order chi connectivity index (χ0) is 39.4. The Bertz CT molecular complexity index is 1270. The maximum absolute atomic E-state index is 12.6. The van der Waals surface area contributed by atoms with Gasteiger partial charge < -0.3 is 30.9 Å². The number of amides is 3. The van der Waals surface area contributed by atoms with E-state index < -0.39 is 23.6 Å². The van der Waals surface area contributed by atoms with Crippen LogP contribution in [-0.4, -0.2) is 84.3 Å². The minimum absolute atomic E-state index is 0.00569. The van der Waals surface area contributed by atoms with Crippen LogP contribution in [0.1, 0.15) is 79.1 Å². The maximum atomic E-state index is 12.6. The smallest absolute Gasteiger partial charge is 0.407 e. The number of hydrogen-bond donors (Lipinski definition) is 5. The summed E-state index contributed by atoms with van der Waals surface area (Å²) in [6, 6.07) is 0. The second-order valence-electron chi connectivity index (χ2n) is 12.4. The van der Waals surface area contributed by atoms with Gasteiger partial charge in [0.15, 0.2) is 0 Å². The molecule has 0 fully saturated rings. The number of carbonyl (C=O) groups excluding carboxylic acids is 3. The number of ether oxygens (including phenoxy) is 1. The number of rotatable bonds is 30. The van der Waals surface area contributed by atoms with E-state index in [1.807, 2.05) is 19.9 Å². The lowest BCUT2D eigenvalue weighted by Gasteiger charge is -2.33. The molecule has 0 saturated heterocycles. The third-order valence-corrected chi connectivity index (χ3v) is 10.8. The molecule has 12 heteroatoms. The molecule has 0 aromatic rings. The zero-order valence-electron chi connectivity index (χ0n) is 32.2. The fourth-order valence-electron chi connectivity index (χ4n) is 4.16. The van der Waals surface area contributed by atoms with Gasteiger partial charge in [0.1, 0.15) is 12.7 Å². The molecule has 0 spiro atoms. The van der Waals surface area contributed by atoms with E-state index in [0.717, 1.165) is 38.5 Å². The van der Waals surface area contributed by atoms with Crippen molar-refractivity contribution < 1.29 is 29.3 Å². The fraction of sp³-hybridized carbons (Fsp3) is 0.512. The van der Waals surface area contributed by atoms with Gasteiger partial charge in [0.25, 0.3) is 0 Å². The molecule has 2 atom stereocenters. The molecular weight excluding hydrogens is 709 g/mol. The Morgan fingerprint density at radius 1 is 0.849 bits per heavy atom. The number of carbonyl (C=O) groups is 3. The minimum atomic E-state index is -1.16. The summed E-state index contributed by atoms with van der Waals surface area (Å²) in [5.74, 6) is 0.232. The predicted octanol–water partition coefficient (Wildman–Crippen LogP) is 7.71. The number of allylic oxidation sites excluding steroid dienone is 14. The van der Waals surface area contributed by atoms with Crippen molar-refractivity contribution in [3.05, 3.63) is 96.8 Å². The number of aliphatic hydroxyl groups excluding tert-OH is 2.